The maximum atomic E-state index is 12.7. The second-order valence-corrected chi connectivity index (χ2v) is 9.68. The van der Waals surface area contributed by atoms with Gasteiger partial charge in [0, 0.05) is 21.8 Å². The molecule has 0 bridgehead atoms. The number of halogens is 4. The quantitative estimate of drug-likeness (QED) is 0.235. The van der Waals surface area contributed by atoms with Crippen LogP contribution in [0.2, 0.25) is 10.0 Å². The number of anilines is 1. The first-order valence-electron chi connectivity index (χ1n) is 9.83. The van der Waals surface area contributed by atoms with Gasteiger partial charge in [-0.05, 0) is 79.4 Å². The molecule has 9 heteroatoms. The van der Waals surface area contributed by atoms with E-state index >= 15 is 0 Å². The van der Waals surface area contributed by atoms with Crippen molar-refractivity contribution in [3.05, 3.63) is 109 Å². The van der Waals surface area contributed by atoms with Crippen LogP contribution in [0, 0.1) is 0 Å². The summed E-state index contributed by atoms with van der Waals surface area (Å²) in [7, 11) is 0. The molecule has 0 spiro atoms. The van der Waals surface area contributed by atoms with E-state index in [9.17, 15) is 4.79 Å². The lowest BCUT2D eigenvalue weighted by Crippen LogP contribution is -2.13. The molecule has 0 saturated heterocycles. The summed E-state index contributed by atoms with van der Waals surface area (Å²) in [6.45, 7) is 0.838. The first kappa shape index (κ1) is 23.8. The summed E-state index contributed by atoms with van der Waals surface area (Å²) in [5.41, 5.74) is 2.34. The third kappa shape index (κ3) is 6.18. The van der Waals surface area contributed by atoms with Crippen molar-refractivity contribution in [2.45, 2.75) is 13.2 Å². The van der Waals surface area contributed by atoms with E-state index in [1.54, 1.807) is 35.1 Å². The minimum Gasteiger partial charge on any atom is -0.488 e. The van der Waals surface area contributed by atoms with Crippen molar-refractivity contribution in [2.24, 2.45) is 0 Å². The zero-order chi connectivity index (χ0) is 23.4. The van der Waals surface area contributed by atoms with E-state index in [1.807, 2.05) is 42.5 Å². The molecule has 0 aliphatic heterocycles. The lowest BCUT2D eigenvalue weighted by Gasteiger charge is -2.09. The molecular weight excluding hydrogens is 593 g/mol. The van der Waals surface area contributed by atoms with Crippen molar-refractivity contribution >= 4 is 66.8 Å². The normalized spacial score (nSPS) is 10.8. The van der Waals surface area contributed by atoms with Gasteiger partial charge in [0.2, 0.25) is 0 Å². The molecule has 0 fully saturated rings. The number of ether oxygens (including phenoxy) is 1. The van der Waals surface area contributed by atoms with Crippen molar-refractivity contribution in [2.75, 3.05) is 5.32 Å². The molecule has 33 heavy (non-hydrogen) atoms. The zero-order valence-electron chi connectivity index (χ0n) is 17.1. The van der Waals surface area contributed by atoms with Gasteiger partial charge in [0.05, 0.1) is 15.5 Å². The predicted octanol–water partition coefficient (Wildman–Crippen LogP) is 7.59. The molecule has 1 N–H and O–H groups in total. The number of aromatic nitrogens is 2. The van der Waals surface area contributed by atoms with Gasteiger partial charge in [-0.15, -0.1) is 0 Å². The Balaban J connectivity index is 1.38. The van der Waals surface area contributed by atoms with Gasteiger partial charge in [-0.25, -0.2) is 0 Å². The number of rotatable bonds is 7. The summed E-state index contributed by atoms with van der Waals surface area (Å²) in [5, 5.41) is 8.41. The molecule has 3 aromatic carbocycles. The summed E-state index contributed by atoms with van der Waals surface area (Å²) in [6.07, 6.45) is 1.78. The van der Waals surface area contributed by atoms with Gasteiger partial charge in [-0.3, -0.25) is 9.48 Å². The second-order valence-electron chi connectivity index (χ2n) is 7.13. The maximum Gasteiger partial charge on any atom is 0.256 e. The number of nitrogens with one attached hydrogen (secondary N) is 1. The predicted molar refractivity (Wildman–Crippen MR) is 138 cm³/mol. The van der Waals surface area contributed by atoms with E-state index < -0.39 is 0 Å². The third-order valence-electron chi connectivity index (χ3n) is 4.74. The second kappa shape index (κ2) is 10.7. The fourth-order valence-corrected chi connectivity index (χ4v) is 4.32. The summed E-state index contributed by atoms with van der Waals surface area (Å²) in [4.78, 5) is 12.7. The minimum atomic E-state index is -0.260. The minimum absolute atomic E-state index is 0.260. The van der Waals surface area contributed by atoms with Crippen LogP contribution in [0.4, 0.5) is 5.82 Å². The van der Waals surface area contributed by atoms with Crippen molar-refractivity contribution < 1.29 is 9.53 Å². The van der Waals surface area contributed by atoms with E-state index in [1.165, 1.54) is 0 Å². The Morgan fingerprint density at radius 3 is 2.48 bits per heavy atom. The number of hydrogen-bond donors (Lipinski definition) is 1. The number of para-hydroxylation sites is 1. The number of amides is 1. The molecule has 1 heterocycles. The van der Waals surface area contributed by atoms with Crippen LogP contribution < -0.4 is 10.1 Å². The molecular formula is C24H17Br2Cl2N3O2. The van der Waals surface area contributed by atoms with Gasteiger partial charge < -0.3 is 10.1 Å². The highest BCUT2D eigenvalue weighted by Crippen LogP contribution is 2.26. The van der Waals surface area contributed by atoms with Gasteiger partial charge in [0.15, 0.2) is 5.82 Å². The van der Waals surface area contributed by atoms with Gasteiger partial charge in [-0.1, -0.05) is 53.5 Å². The highest BCUT2D eigenvalue weighted by molar-refractivity contribution is 9.11. The van der Waals surface area contributed by atoms with Crippen LogP contribution in [0.3, 0.4) is 0 Å². The Hall–Kier alpha value is -2.32. The monoisotopic (exact) mass is 607 g/mol. The Bertz CT molecular complexity index is 1290. The number of hydrogen-bond acceptors (Lipinski definition) is 3. The largest absolute Gasteiger partial charge is 0.488 e. The molecule has 0 unspecified atom stereocenters. The molecule has 0 aliphatic rings. The maximum absolute atomic E-state index is 12.7. The molecule has 0 radical (unpaired) electrons. The highest BCUT2D eigenvalue weighted by atomic mass is 79.9. The van der Waals surface area contributed by atoms with Crippen LogP contribution in [0.1, 0.15) is 21.5 Å². The molecule has 1 aromatic heterocycles. The lowest BCUT2D eigenvalue weighted by atomic mass is 10.1. The Morgan fingerprint density at radius 1 is 1.00 bits per heavy atom. The fourth-order valence-electron chi connectivity index (χ4n) is 3.04. The van der Waals surface area contributed by atoms with E-state index in [0.29, 0.717) is 39.1 Å². The highest BCUT2D eigenvalue weighted by Gasteiger charge is 2.13. The zero-order valence-corrected chi connectivity index (χ0v) is 21.7. The van der Waals surface area contributed by atoms with Crippen molar-refractivity contribution in [1.29, 1.82) is 0 Å². The number of benzene rings is 3. The van der Waals surface area contributed by atoms with E-state index in [4.69, 9.17) is 27.9 Å². The first-order valence-corrected chi connectivity index (χ1v) is 12.2. The first-order chi connectivity index (χ1) is 15.9. The van der Waals surface area contributed by atoms with Crippen LogP contribution in [0.25, 0.3) is 0 Å². The Morgan fingerprint density at radius 2 is 1.76 bits per heavy atom. The van der Waals surface area contributed by atoms with Crippen LogP contribution in [0.15, 0.2) is 81.9 Å². The molecule has 1 amide bonds. The lowest BCUT2D eigenvalue weighted by molar-refractivity contribution is 0.102. The molecule has 0 aliphatic carbocycles. The molecule has 4 rings (SSSR count). The van der Waals surface area contributed by atoms with Gasteiger partial charge in [0.1, 0.15) is 12.4 Å². The van der Waals surface area contributed by atoms with Gasteiger partial charge >= 0.3 is 0 Å². The van der Waals surface area contributed by atoms with Crippen LogP contribution in [-0.4, -0.2) is 15.7 Å². The van der Waals surface area contributed by atoms with Gasteiger partial charge in [-0.2, -0.15) is 5.10 Å². The number of carbonyl (C=O) groups is 1. The summed E-state index contributed by atoms with van der Waals surface area (Å²) >= 11 is 19.1. The van der Waals surface area contributed by atoms with E-state index in [2.05, 4.69) is 42.3 Å². The van der Waals surface area contributed by atoms with Crippen LogP contribution in [-0.2, 0) is 13.2 Å². The average Bonchev–Trinajstić information content (AvgIpc) is 3.14. The van der Waals surface area contributed by atoms with Crippen LogP contribution in [0.5, 0.6) is 5.75 Å². The van der Waals surface area contributed by atoms with E-state index in [-0.39, 0.29) is 5.91 Å². The number of nitrogens with zero attached hydrogens (tertiary/aromatic N) is 2. The number of carbonyl (C=O) groups excluding carboxylic acids is 1. The molecule has 0 atom stereocenters. The molecule has 168 valence electrons. The Kier molecular flexibility index (Phi) is 7.75. The van der Waals surface area contributed by atoms with Gasteiger partial charge in [0.25, 0.3) is 5.91 Å². The fraction of sp³-hybridized carbons (Fsp3) is 0.0833. The smallest absolute Gasteiger partial charge is 0.256 e. The van der Waals surface area contributed by atoms with Crippen molar-refractivity contribution in [3.8, 4) is 5.75 Å². The standard InChI is InChI=1S/C24H17Br2Cl2N3O2/c25-19-3-1-2-4-22(19)33-14-15-5-7-16(8-6-15)24(32)29-23-20(26)13-31(30-23)12-17-9-10-18(27)11-21(17)28/h1-11,13H,12,14H2,(H,29,30,32). The topological polar surface area (TPSA) is 56.2 Å². The molecule has 0 saturated carbocycles. The summed E-state index contributed by atoms with van der Waals surface area (Å²) < 4.78 is 9.07. The Labute approximate surface area is 217 Å². The summed E-state index contributed by atoms with van der Waals surface area (Å²) in [6, 6.07) is 20.2. The van der Waals surface area contributed by atoms with Crippen LogP contribution >= 0.6 is 55.1 Å². The average molecular weight is 610 g/mol. The summed E-state index contributed by atoms with van der Waals surface area (Å²) in [5.74, 6) is 0.926. The van der Waals surface area contributed by atoms with Crippen molar-refractivity contribution in [1.82, 2.24) is 9.78 Å². The molecule has 4 aromatic rings. The van der Waals surface area contributed by atoms with E-state index in [0.717, 1.165) is 21.3 Å². The SMILES string of the molecule is O=C(Nc1nn(Cc2ccc(Cl)cc2Cl)cc1Br)c1ccc(COc2ccccc2Br)cc1. The third-order valence-corrected chi connectivity index (χ3v) is 6.57. The molecule has 5 nitrogen and oxygen atoms in total. The van der Waals surface area contributed by atoms with Crippen molar-refractivity contribution in [3.63, 3.8) is 0 Å².